The van der Waals surface area contributed by atoms with Crippen molar-refractivity contribution < 1.29 is 0 Å². The minimum absolute atomic E-state index is 0.806. The van der Waals surface area contributed by atoms with Gasteiger partial charge in [0, 0.05) is 12.6 Å². The highest BCUT2D eigenvalue weighted by Gasteiger charge is 2.17. The third kappa shape index (κ3) is 1.03. The van der Waals surface area contributed by atoms with Crippen LogP contribution in [0.3, 0.4) is 0 Å². The van der Waals surface area contributed by atoms with Crippen LogP contribution in [0.5, 0.6) is 0 Å². The largest absolute Gasteiger partial charge is 0.296 e. The Labute approximate surface area is 51.7 Å². The highest BCUT2D eigenvalue weighted by molar-refractivity contribution is 4.78. The van der Waals surface area contributed by atoms with Gasteiger partial charge in [0.2, 0.25) is 0 Å². The molecule has 1 fully saturated rings. The fourth-order valence-electron chi connectivity index (χ4n) is 1.34. The molecule has 1 aliphatic heterocycles. The van der Waals surface area contributed by atoms with Crippen molar-refractivity contribution in [2.24, 2.45) is 0 Å². The van der Waals surface area contributed by atoms with Crippen molar-refractivity contribution >= 4 is 0 Å². The van der Waals surface area contributed by atoms with Crippen LogP contribution in [0.1, 0.15) is 26.7 Å². The van der Waals surface area contributed by atoms with E-state index in [2.05, 4.69) is 25.3 Å². The van der Waals surface area contributed by atoms with E-state index in [1.165, 1.54) is 19.4 Å². The molecule has 1 rings (SSSR count). The van der Waals surface area contributed by atoms with Gasteiger partial charge in [-0.05, 0) is 33.2 Å². The maximum absolute atomic E-state index is 2.40. The monoisotopic (exact) mass is 112 g/mol. The van der Waals surface area contributed by atoms with Crippen LogP contribution in [0.2, 0.25) is 0 Å². The lowest BCUT2D eigenvalue weighted by molar-refractivity contribution is 0.333. The second-order valence-electron chi connectivity index (χ2n) is 2.49. The Morgan fingerprint density at radius 1 is 1.62 bits per heavy atom. The van der Waals surface area contributed by atoms with Gasteiger partial charge in [-0.25, -0.2) is 0 Å². The van der Waals surface area contributed by atoms with E-state index in [4.69, 9.17) is 0 Å². The summed E-state index contributed by atoms with van der Waals surface area (Å²) in [4.78, 5) is 2.40. The van der Waals surface area contributed by atoms with Crippen molar-refractivity contribution in [1.82, 2.24) is 4.90 Å². The number of hydrogen-bond donors (Lipinski definition) is 0. The molecule has 0 aliphatic carbocycles. The second kappa shape index (κ2) is 2.49. The normalized spacial score (nSPS) is 31.5. The maximum Gasteiger partial charge on any atom is 0.0223 e. The number of rotatable bonds is 1. The van der Waals surface area contributed by atoms with Gasteiger partial charge in [-0.3, -0.25) is 4.90 Å². The lowest BCUT2D eigenvalue weighted by Crippen LogP contribution is -2.22. The van der Waals surface area contributed by atoms with Crippen LogP contribution in [-0.4, -0.2) is 17.5 Å². The first-order valence-electron chi connectivity index (χ1n) is 3.40. The van der Waals surface area contributed by atoms with Crippen molar-refractivity contribution in [2.45, 2.75) is 32.7 Å². The lowest BCUT2D eigenvalue weighted by Gasteiger charge is -2.16. The van der Waals surface area contributed by atoms with Gasteiger partial charge in [-0.1, -0.05) is 0 Å². The molecule has 0 aromatic heterocycles. The smallest absolute Gasteiger partial charge is 0.0223 e. The van der Waals surface area contributed by atoms with E-state index in [0.29, 0.717) is 0 Å². The molecule has 1 saturated heterocycles. The zero-order chi connectivity index (χ0) is 5.98. The van der Waals surface area contributed by atoms with Crippen LogP contribution in [0, 0.1) is 6.54 Å². The Balaban J connectivity index is 2.30. The average molecular weight is 112 g/mol. The molecule has 0 N–H and O–H groups in total. The molecule has 0 amide bonds. The Hall–Kier alpha value is -0.0400. The topological polar surface area (TPSA) is 3.24 Å². The third-order valence-electron chi connectivity index (χ3n) is 1.94. The molecule has 1 heterocycles. The van der Waals surface area contributed by atoms with Gasteiger partial charge in [0.1, 0.15) is 0 Å². The minimum atomic E-state index is 0.806. The third-order valence-corrected chi connectivity index (χ3v) is 1.94. The molecule has 0 bridgehead atoms. The van der Waals surface area contributed by atoms with Gasteiger partial charge < -0.3 is 0 Å². The Morgan fingerprint density at radius 2 is 2.38 bits per heavy atom. The summed E-state index contributed by atoms with van der Waals surface area (Å²) >= 11 is 0. The summed E-state index contributed by atoms with van der Waals surface area (Å²) < 4.78 is 0. The van der Waals surface area contributed by atoms with E-state index in [9.17, 15) is 0 Å². The van der Waals surface area contributed by atoms with Crippen molar-refractivity contribution in [3.8, 4) is 0 Å². The molecule has 1 radical (unpaired) electrons. The molecule has 1 unspecified atom stereocenters. The van der Waals surface area contributed by atoms with Gasteiger partial charge in [0.05, 0.1) is 0 Å². The van der Waals surface area contributed by atoms with E-state index in [1.807, 2.05) is 0 Å². The quantitative estimate of drug-likeness (QED) is 0.498. The molecule has 47 valence electrons. The fraction of sp³-hybridized carbons (Fsp3) is 0.857. The molecule has 8 heavy (non-hydrogen) atoms. The highest BCUT2D eigenvalue weighted by atomic mass is 15.2. The van der Waals surface area contributed by atoms with Crippen LogP contribution in [0.15, 0.2) is 0 Å². The van der Waals surface area contributed by atoms with E-state index >= 15 is 0 Å². The van der Waals surface area contributed by atoms with E-state index in [1.54, 1.807) is 0 Å². The number of nitrogens with zero attached hydrogens (tertiary/aromatic N) is 1. The summed E-state index contributed by atoms with van der Waals surface area (Å²) in [6.07, 6.45) is 2.76. The van der Waals surface area contributed by atoms with Gasteiger partial charge in [-0.2, -0.15) is 0 Å². The molecule has 0 saturated carbocycles. The standard InChI is InChI=1S/C7H14N/c1-3-8-6-4-5-7(8)2/h3,7H,4-6H2,1-2H3. The summed E-state index contributed by atoms with van der Waals surface area (Å²) in [6.45, 7) is 7.87. The van der Waals surface area contributed by atoms with Gasteiger partial charge in [0.15, 0.2) is 0 Å². The summed E-state index contributed by atoms with van der Waals surface area (Å²) in [5, 5.41) is 0. The molecule has 0 aromatic rings. The predicted molar refractivity (Wildman–Crippen MR) is 35.4 cm³/mol. The molecular weight excluding hydrogens is 98.1 g/mol. The average Bonchev–Trinajstić information content (AvgIpc) is 2.14. The fourth-order valence-corrected chi connectivity index (χ4v) is 1.34. The van der Waals surface area contributed by atoms with Gasteiger partial charge in [-0.15, -0.1) is 0 Å². The van der Waals surface area contributed by atoms with Crippen molar-refractivity contribution in [1.29, 1.82) is 0 Å². The minimum Gasteiger partial charge on any atom is -0.296 e. The Kier molecular flexibility index (Phi) is 1.90. The molecule has 1 atom stereocenters. The molecule has 0 spiro atoms. The molecular formula is C7H14N. The first kappa shape index (κ1) is 6.09. The van der Waals surface area contributed by atoms with Crippen LogP contribution >= 0.6 is 0 Å². The molecule has 1 heteroatoms. The summed E-state index contributed by atoms with van der Waals surface area (Å²) in [5.41, 5.74) is 0. The zero-order valence-electron chi connectivity index (χ0n) is 5.72. The van der Waals surface area contributed by atoms with Crippen LogP contribution < -0.4 is 0 Å². The second-order valence-corrected chi connectivity index (χ2v) is 2.49. The van der Waals surface area contributed by atoms with Crippen molar-refractivity contribution in [3.63, 3.8) is 0 Å². The maximum atomic E-state index is 2.40. The summed E-state index contributed by atoms with van der Waals surface area (Å²) in [5.74, 6) is 0. The predicted octanol–water partition coefficient (Wildman–Crippen LogP) is 1.65. The highest BCUT2D eigenvalue weighted by Crippen LogP contribution is 2.16. The van der Waals surface area contributed by atoms with Gasteiger partial charge >= 0.3 is 0 Å². The summed E-state index contributed by atoms with van der Waals surface area (Å²) in [7, 11) is 0. The van der Waals surface area contributed by atoms with Crippen molar-refractivity contribution in [3.05, 3.63) is 6.54 Å². The van der Waals surface area contributed by atoms with E-state index < -0.39 is 0 Å². The Bertz CT molecular complexity index is 70.8. The molecule has 1 aliphatic rings. The Morgan fingerprint density at radius 3 is 2.62 bits per heavy atom. The molecule has 0 aromatic carbocycles. The SMILES string of the molecule is C[CH]N1CCCC1C. The van der Waals surface area contributed by atoms with Gasteiger partial charge in [0.25, 0.3) is 0 Å². The van der Waals surface area contributed by atoms with E-state index in [0.717, 1.165) is 6.04 Å². The van der Waals surface area contributed by atoms with Crippen molar-refractivity contribution in [2.75, 3.05) is 6.54 Å². The molecule has 1 nitrogen and oxygen atoms in total. The lowest BCUT2D eigenvalue weighted by atomic mass is 10.2. The summed E-state index contributed by atoms with van der Waals surface area (Å²) in [6, 6.07) is 0.806. The van der Waals surface area contributed by atoms with Crippen LogP contribution in [0.25, 0.3) is 0 Å². The van der Waals surface area contributed by atoms with Crippen LogP contribution in [-0.2, 0) is 0 Å². The number of likely N-dealkylation sites (tertiary alicyclic amines) is 1. The van der Waals surface area contributed by atoms with E-state index in [-0.39, 0.29) is 0 Å². The first-order valence-corrected chi connectivity index (χ1v) is 3.40. The zero-order valence-corrected chi connectivity index (χ0v) is 5.72. The van der Waals surface area contributed by atoms with Crippen LogP contribution in [0.4, 0.5) is 0 Å². The first-order chi connectivity index (χ1) is 3.84. The number of hydrogen-bond acceptors (Lipinski definition) is 1.